The number of hydrogen-bond donors (Lipinski definition) is 1. The second-order valence-electron chi connectivity index (χ2n) is 4.66. The summed E-state index contributed by atoms with van der Waals surface area (Å²) < 4.78 is 10.6. The Hall–Kier alpha value is -1.53. The van der Waals surface area contributed by atoms with E-state index in [-0.39, 0.29) is 6.04 Å². The van der Waals surface area contributed by atoms with Gasteiger partial charge in [-0.15, -0.1) is 0 Å². The lowest BCUT2D eigenvalue weighted by Crippen LogP contribution is -2.30. The molecule has 0 aliphatic carbocycles. The molecule has 3 rings (SSSR count). The first-order valence-electron chi connectivity index (χ1n) is 6.61. The Morgan fingerprint density at radius 2 is 2.45 bits per heavy atom. The van der Waals surface area contributed by atoms with E-state index in [2.05, 4.69) is 15.5 Å². The third kappa shape index (κ3) is 3.13. The van der Waals surface area contributed by atoms with Gasteiger partial charge < -0.3 is 14.6 Å². The van der Waals surface area contributed by atoms with Crippen molar-refractivity contribution < 1.29 is 9.26 Å². The highest BCUT2D eigenvalue weighted by Gasteiger charge is 2.21. The van der Waals surface area contributed by atoms with E-state index < -0.39 is 0 Å². The Labute approximate surface area is 122 Å². The predicted molar refractivity (Wildman–Crippen MR) is 78.2 cm³/mol. The van der Waals surface area contributed by atoms with Crippen LogP contribution < -0.4 is 10.1 Å². The van der Waals surface area contributed by atoms with E-state index in [1.165, 1.54) is 0 Å². The van der Waals surface area contributed by atoms with Crippen LogP contribution in [0.2, 0.25) is 0 Å². The van der Waals surface area contributed by atoms with Crippen LogP contribution in [0.1, 0.15) is 23.3 Å². The van der Waals surface area contributed by atoms with Crippen LogP contribution in [0.15, 0.2) is 28.8 Å². The van der Waals surface area contributed by atoms with Gasteiger partial charge in [0.15, 0.2) is 5.82 Å². The SMILES string of the molecule is COc1cccc(Cc2noc(C3CSCCN3)n2)c1. The number of rotatable bonds is 4. The van der Waals surface area contributed by atoms with Crippen LogP contribution in [0, 0.1) is 0 Å². The van der Waals surface area contributed by atoms with Crippen LogP contribution in [-0.2, 0) is 6.42 Å². The molecule has 1 aromatic carbocycles. The lowest BCUT2D eigenvalue weighted by atomic mass is 10.1. The number of nitrogens with one attached hydrogen (secondary N) is 1. The van der Waals surface area contributed by atoms with Crippen molar-refractivity contribution in [3.05, 3.63) is 41.5 Å². The quantitative estimate of drug-likeness (QED) is 0.930. The van der Waals surface area contributed by atoms with Crippen molar-refractivity contribution in [1.29, 1.82) is 0 Å². The molecular weight excluding hydrogens is 274 g/mol. The summed E-state index contributed by atoms with van der Waals surface area (Å²) in [7, 11) is 1.66. The highest BCUT2D eigenvalue weighted by atomic mass is 32.2. The van der Waals surface area contributed by atoms with Gasteiger partial charge in [0.2, 0.25) is 5.89 Å². The van der Waals surface area contributed by atoms with Gasteiger partial charge in [-0.25, -0.2) is 0 Å². The van der Waals surface area contributed by atoms with E-state index in [4.69, 9.17) is 9.26 Å². The fourth-order valence-corrected chi connectivity index (χ4v) is 3.09. The van der Waals surface area contributed by atoms with Crippen molar-refractivity contribution >= 4 is 11.8 Å². The number of ether oxygens (including phenoxy) is 1. The highest BCUT2D eigenvalue weighted by Crippen LogP contribution is 2.21. The molecule has 1 atom stereocenters. The zero-order chi connectivity index (χ0) is 13.8. The third-order valence-corrected chi connectivity index (χ3v) is 4.26. The topological polar surface area (TPSA) is 60.2 Å². The Morgan fingerprint density at radius 3 is 3.25 bits per heavy atom. The Bertz CT molecular complexity index is 567. The standard InChI is InChI=1S/C14H17N3O2S/c1-18-11-4-2-3-10(7-11)8-13-16-14(19-17-13)12-9-20-6-5-15-12/h2-4,7,12,15H,5-6,8-9H2,1H3. The van der Waals surface area contributed by atoms with Gasteiger partial charge in [0.25, 0.3) is 0 Å². The molecule has 2 aromatic rings. The normalized spacial score (nSPS) is 18.9. The first kappa shape index (κ1) is 13.5. The minimum absolute atomic E-state index is 0.181. The third-order valence-electron chi connectivity index (χ3n) is 3.20. The highest BCUT2D eigenvalue weighted by molar-refractivity contribution is 7.99. The van der Waals surface area contributed by atoms with E-state index in [9.17, 15) is 0 Å². The minimum atomic E-state index is 0.181. The average molecular weight is 291 g/mol. The summed E-state index contributed by atoms with van der Waals surface area (Å²) in [5.41, 5.74) is 1.11. The van der Waals surface area contributed by atoms with Crippen LogP contribution in [0.25, 0.3) is 0 Å². The van der Waals surface area contributed by atoms with Crippen molar-refractivity contribution in [3.8, 4) is 5.75 Å². The maximum atomic E-state index is 5.36. The number of methoxy groups -OCH3 is 1. The maximum absolute atomic E-state index is 5.36. The number of nitrogens with zero attached hydrogens (tertiary/aromatic N) is 2. The fourth-order valence-electron chi connectivity index (χ4n) is 2.17. The molecule has 1 N–H and O–H groups in total. The Kier molecular flexibility index (Phi) is 4.22. The molecule has 1 saturated heterocycles. The van der Waals surface area contributed by atoms with Gasteiger partial charge in [-0.2, -0.15) is 16.7 Å². The molecule has 1 aliphatic heterocycles. The summed E-state index contributed by atoms with van der Waals surface area (Å²) in [6.07, 6.45) is 0.653. The molecule has 106 valence electrons. The lowest BCUT2D eigenvalue weighted by Gasteiger charge is -2.19. The van der Waals surface area contributed by atoms with Gasteiger partial charge in [-0.1, -0.05) is 17.3 Å². The second-order valence-corrected chi connectivity index (χ2v) is 5.81. The van der Waals surface area contributed by atoms with Crippen molar-refractivity contribution in [1.82, 2.24) is 15.5 Å². The van der Waals surface area contributed by atoms with Crippen LogP contribution in [0.4, 0.5) is 0 Å². The molecule has 20 heavy (non-hydrogen) atoms. The first-order valence-corrected chi connectivity index (χ1v) is 7.77. The van der Waals surface area contributed by atoms with Crippen molar-refractivity contribution in [2.24, 2.45) is 0 Å². The number of benzene rings is 1. The van der Waals surface area contributed by atoms with Gasteiger partial charge in [-0.05, 0) is 17.7 Å². The monoisotopic (exact) mass is 291 g/mol. The molecule has 2 heterocycles. The van der Waals surface area contributed by atoms with Gasteiger partial charge in [0.1, 0.15) is 5.75 Å². The summed E-state index contributed by atoms with van der Waals surface area (Å²) >= 11 is 1.91. The van der Waals surface area contributed by atoms with Gasteiger partial charge in [0.05, 0.1) is 13.2 Å². The van der Waals surface area contributed by atoms with E-state index in [1.807, 2.05) is 36.0 Å². The molecule has 0 saturated carbocycles. The van der Waals surface area contributed by atoms with Crippen LogP contribution in [0.5, 0.6) is 5.75 Å². The smallest absolute Gasteiger partial charge is 0.244 e. The maximum Gasteiger partial charge on any atom is 0.244 e. The molecule has 1 unspecified atom stereocenters. The van der Waals surface area contributed by atoms with E-state index >= 15 is 0 Å². The Balaban J connectivity index is 1.70. The predicted octanol–water partition coefficient (Wildman–Crippen LogP) is 2.05. The summed E-state index contributed by atoms with van der Waals surface area (Å²) in [4.78, 5) is 4.49. The van der Waals surface area contributed by atoms with E-state index in [0.717, 1.165) is 29.4 Å². The molecule has 0 spiro atoms. The van der Waals surface area contributed by atoms with Crippen LogP contribution in [0.3, 0.4) is 0 Å². The zero-order valence-electron chi connectivity index (χ0n) is 11.3. The van der Waals surface area contributed by atoms with Crippen molar-refractivity contribution in [2.75, 3.05) is 25.2 Å². The van der Waals surface area contributed by atoms with Crippen LogP contribution in [-0.4, -0.2) is 35.3 Å². The van der Waals surface area contributed by atoms with Crippen molar-refractivity contribution in [3.63, 3.8) is 0 Å². The molecule has 1 aromatic heterocycles. The average Bonchev–Trinajstić information content (AvgIpc) is 2.97. The number of hydrogen-bond acceptors (Lipinski definition) is 6. The number of aromatic nitrogens is 2. The second kappa shape index (κ2) is 6.28. The van der Waals surface area contributed by atoms with Crippen molar-refractivity contribution in [2.45, 2.75) is 12.5 Å². The molecule has 5 nitrogen and oxygen atoms in total. The molecule has 1 fully saturated rings. The molecule has 0 radical (unpaired) electrons. The largest absolute Gasteiger partial charge is 0.497 e. The Morgan fingerprint density at radius 1 is 1.50 bits per heavy atom. The minimum Gasteiger partial charge on any atom is -0.497 e. The molecular formula is C14H17N3O2S. The van der Waals surface area contributed by atoms with E-state index in [1.54, 1.807) is 7.11 Å². The molecule has 0 amide bonds. The summed E-state index contributed by atoms with van der Waals surface area (Å²) in [6, 6.07) is 8.10. The van der Waals surface area contributed by atoms with Crippen LogP contribution >= 0.6 is 11.8 Å². The first-order chi connectivity index (χ1) is 9.85. The molecule has 6 heteroatoms. The summed E-state index contributed by atoms with van der Waals surface area (Å²) in [5.74, 6) is 4.37. The van der Waals surface area contributed by atoms with Gasteiger partial charge >= 0.3 is 0 Å². The summed E-state index contributed by atoms with van der Waals surface area (Å²) in [6.45, 7) is 0.989. The van der Waals surface area contributed by atoms with Gasteiger partial charge in [-0.3, -0.25) is 0 Å². The number of thioether (sulfide) groups is 1. The molecule has 0 bridgehead atoms. The van der Waals surface area contributed by atoms with E-state index in [0.29, 0.717) is 18.1 Å². The lowest BCUT2D eigenvalue weighted by molar-refractivity contribution is 0.339. The zero-order valence-corrected chi connectivity index (χ0v) is 12.2. The summed E-state index contributed by atoms with van der Waals surface area (Å²) in [5, 5.41) is 7.46. The van der Waals surface area contributed by atoms with Gasteiger partial charge in [0, 0.05) is 24.5 Å². The molecule has 1 aliphatic rings. The fraction of sp³-hybridized carbons (Fsp3) is 0.429.